The van der Waals surface area contributed by atoms with Gasteiger partial charge in [-0.3, -0.25) is 0 Å². The van der Waals surface area contributed by atoms with E-state index in [4.69, 9.17) is 4.74 Å². The van der Waals surface area contributed by atoms with Crippen molar-refractivity contribution in [2.24, 2.45) is 0 Å². The molecule has 0 bridgehead atoms. The van der Waals surface area contributed by atoms with Gasteiger partial charge in [-0.05, 0) is 19.6 Å². The van der Waals surface area contributed by atoms with Crippen molar-refractivity contribution in [3.63, 3.8) is 0 Å². The maximum absolute atomic E-state index is 9.84. The average Bonchev–Trinajstić information content (AvgIpc) is 2.49. The average molecular weight is 322 g/mol. The highest BCUT2D eigenvalue weighted by Crippen LogP contribution is 2.10. The Labute approximate surface area is 135 Å². The predicted octanol–water partition coefficient (Wildman–Crippen LogP) is 2.43. The van der Waals surface area contributed by atoms with E-state index in [1.54, 1.807) is 11.8 Å². The molecule has 5 heteroatoms. The summed E-state index contributed by atoms with van der Waals surface area (Å²) in [6, 6.07) is 0.179. The summed E-state index contributed by atoms with van der Waals surface area (Å²) >= 11 is 1.64. The van der Waals surface area contributed by atoms with E-state index in [9.17, 15) is 10.2 Å². The molecule has 0 aromatic heterocycles. The molecular weight excluding hydrogens is 286 g/mol. The molecule has 21 heavy (non-hydrogen) atoms. The number of aliphatic hydroxyl groups is 2. The summed E-state index contributed by atoms with van der Waals surface area (Å²) in [5, 5.41) is 22.4. The molecule has 0 heterocycles. The molecule has 0 spiro atoms. The van der Waals surface area contributed by atoms with Gasteiger partial charge in [0, 0.05) is 24.4 Å². The second kappa shape index (κ2) is 15.1. The smallest absolute Gasteiger partial charge is 0.0897 e. The van der Waals surface area contributed by atoms with Gasteiger partial charge in [0.05, 0.1) is 19.3 Å². The van der Waals surface area contributed by atoms with Crippen LogP contribution in [-0.4, -0.2) is 60.2 Å². The van der Waals surface area contributed by atoms with Crippen molar-refractivity contribution in [2.75, 3.05) is 32.6 Å². The van der Waals surface area contributed by atoms with Gasteiger partial charge in [-0.25, -0.2) is 0 Å². The van der Waals surface area contributed by atoms with Crippen LogP contribution in [0.1, 0.15) is 52.4 Å². The van der Waals surface area contributed by atoms with Gasteiger partial charge in [0.15, 0.2) is 0 Å². The zero-order chi connectivity index (χ0) is 15.9. The van der Waals surface area contributed by atoms with Gasteiger partial charge in [0.25, 0.3) is 0 Å². The Hall–Kier alpha value is 0.190. The van der Waals surface area contributed by atoms with Crippen molar-refractivity contribution in [3.8, 4) is 0 Å². The number of hydrogen-bond donors (Lipinski definition) is 3. The SMILES string of the molecule is CCCCCCCCOCC(O)CNC(C)C(CO)SC. The molecule has 0 rings (SSSR count). The lowest BCUT2D eigenvalue weighted by atomic mass is 10.1. The van der Waals surface area contributed by atoms with E-state index in [1.165, 1.54) is 32.1 Å². The number of ether oxygens (including phenoxy) is 1. The molecule has 0 aliphatic rings. The van der Waals surface area contributed by atoms with E-state index in [-0.39, 0.29) is 17.9 Å². The molecule has 0 radical (unpaired) electrons. The topological polar surface area (TPSA) is 61.7 Å². The summed E-state index contributed by atoms with van der Waals surface area (Å²) in [4.78, 5) is 0. The molecule has 0 aromatic rings. The van der Waals surface area contributed by atoms with E-state index in [2.05, 4.69) is 12.2 Å². The van der Waals surface area contributed by atoms with Crippen LogP contribution in [0, 0.1) is 0 Å². The van der Waals surface area contributed by atoms with Crippen molar-refractivity contribution in [1.82, 2.24) is 5.32 Å². The number of hydrogen-bond acceptors (Lipinski definition) is 5. The molecule has 0 saturated heterocycles. The molecule has 3 atom stereocenters. The van der Waals surface area contributed by atoms with Crippen LogP contribution in [-0.2, 0) is 4.74 Å². The molecule has 128 valence electrons. The summed E-state index contributed by atoms with van der Waals surface area (Å²) in [7, 11) is 0. The van der Waals surface area contributed by atoms with Gasteiger partial charge in [-0.15, -0.1) is 0 Å². The van der Waals surface area contributed by atoms with Crippen molar-refractivity contribution in [1.29, 1.82) is 0 Å². The van der Waals surface area contributed by atoms with E-state index in [0.717, 1.165) is 13.0 Å². The summed E-state index contributed by atoms with van der Waals surface area (Å²) < 4.78 is 5.50. The number of nitrogens with one attached hydrogen (secondary N) is 1. The summed E-state index contributed by atoms with van der Waals surface area (Å²) in [5.74, 6) is 0. The summed E-state index contributed by atoms with van der Waals surface area (Å²) in [6.45, 7) is 6.04. The van der Waals surface area contributed by atoms with Crippen LogP contribution >= 0.6 is 11.8 Å². The Kier molecular flexibility index (Phi) is 15.2. The summed E-state index contributed by atoms with van der Waals surface area (Å²) in [6.07, 6.45) is 9.03. The van der Waals surface area contributed by atoms with Crippen LogP contribution in [0.2, 0.25) is 0 Å². The first kappa shape index (κ1) is 21.2. The molecule has 0 amide bonds. The van der Waals surface area contributed by atoms with Gasteiger partial charge in [-0.1, -0.05) is 39.0 Å². The number of rotatable bonds is 15. The van der Waals surface area contributed by atoms with Crippen LogP contribution in [0.5, 0.6) is 0 Å². The molecular formula is C16H35NO3S. The molecule has 0 saturated carbocycles. The number of unbranched alkanes of at least 4 members (excludes halogenated alkanes) is 5. The minimum atomic E-state index is -0.478. The highest BCUT2D eigenvalue weighted by molar-refractivity contribution is 7.99. The van der Waals surface area contributed by atoms with Gasteiger partial charge < -0.3 is 20.3 Å². The third-order valence-corrected chi connectivity index (χ3v) is 4.83. The van der Waals surface area contributed by atoms with Crippen LogP contribution in [0.15, 0.2) is 0 Å². The fraction of sp³-hybridized carbons (Fsp3) is 1.00. The molecule has 0 aliphatic heterocycles. The zero-order valence-electron chi connectivity index (χ0n) is 14.0. The minimum absolute atomic E-state index is 0.153. The minimum Gasteiger partial charge on any atom is -0.395 e. The molecule has 4 nitrogen and oxygen atoms in total. The Balaban J connectivity index is 3.43. The Morgan fingerprint density at radius 3 is 2.43 bits per heavy atom. The largest absolute Gasteiger partial charge is 0.395 e. The lowest BCUT2D eigenvalue weighted by Crippen LogP contribution is -2.42. The molecule has 0 aromatic carbocycles. The fourth-order valence-electron chi connectivity index (χ4n) is 2.15. The first-order chi connectivity index (χ1) is 10.2. The Morgan fingerprint density at radius 1 is 1.14 bits per heavy atom. The lowest BCUT2D eigenvalue weighted by molar-refractivity contribution is 0.0341. The van der Waals surface area contributed by atoms with Gasteiger partial charge in [-0.2, -0.15) is 11.8 Å². The molecule has 3 unspecified atom stereocenters. The van der Waals surface area contributed by atoms with E-state index >= 15 is 0 Å². The Morgan fingerprint density at radius 2 is 1.81 bits per heavy atom. The molecule has 0 aliphatic carbocycles. The highest BCUT2D eigenvalue weighted by Gasteiger charge is 2.15. The first-order valence-electron chi connectivity index (χ1n) is 8.28. The lowest BCUT2D eigenvalue weighted by Gasteiger charge is -2.23. The van der Waals surface area contributed by atoms with Crippen molar-refractivity contribution in [3.05, 3.63) is 0 Å². The van der Waals surface area contributed by atoms with Crippen LogP contribution in [0.3, 0.4) is 0 Å². The zero-order valence-corrected chi connectivity index (χ0v) is 14.8. The standard InChI is InChI=1S/C16H35NO3S/c1-4-5-6-7-8-9-10-20-13-15(19)11-17-14(2)16(12-18)21-3/h14-19H,4-13H2,1-3H3. The molecule has 0 fully saturated rings. The maximum Gasteiger partial charge on any atom is 0.0897 e. The number of thioether (sulfide) groups is 1. The van der Waals surface area contributed by atoms with Crippen molar-refractivity contribution < 1.29 is 14.9 Å². The normalized spacial score (nSPS) is 15.9. The van der Waals surface area contributed by atoms with Gasteiger partial charge >= 0.3 is 0 Å². The summed E-state index contributed by atoms with van der Waals surface area (Å²) in [5.41, 5.74) is 0. The monoisotopic (exact) mass is 321 g/mol. The van der Waals surface area contributed by atoms with Crippen molar-refractivity contribution >= 4 is 11.8 Å². The van der Waals surface area contributed by atoms with E-state index in [1.807, 2.05) is 13.2 Å². The predicted molar refractivity (Wildman–Crippen MR) is 92.1 cm³/mol. The second-order valence-electron chi connectivity index (χ2n) is 5.65. The van der Waals surface area contributed by atoms with Gasteiger partial charge in [0.2, 0.25) is 0 Å². The Bertz CT molecular complexity index is 216. The first-order valence-corrected chi connectivity index (χ1v) is 9.57. The second-order valence-corrected chi connectivity index (χ2v) is 6.73. The third kappa shape index (κ3) is 12.4. The third-order valence-electron chi connectivity index (χ3n) is 3.67. The molecule has 3 N–H and O–H groups in total. The quantitative estimate of drug-likeness (QED) is 0.404. The van der Waals surface area contributed by atoms with Crippen LogP contribution < -0.4 is 5.32 Å². The fourth-order valence-corrected chi connectivity index (χ4v) is 2.81. The van der Waals surface area contributed by atoms with Crippen LogP contribution in [0.25, 0.3) is 0 Å². The van der Waals surface area contributed by atoms with Gasteiger partial charge in [0.1, 0.15) is 0 Å². The van der Waals surface area contributed by atoms with Crippen LogP contribution in [0.4, 0.5) is 0 Å². The maximum atomic E-state index is 9.84. The van der Waals surface area contributed by atoms with E-state index in [0.29, 0.717) is 13.2 Å². The van der Waals surface area contributed by atoms with E-state index < -0.39 is 6.10 Å². The highest BCUT2D eigenvalue weighted by atomic mass is 32.2. The van der Waals surface area contributed by atoms with Crippen molar-refractivity contribution in [2.45, 2.75) is 69.8 Å². The number of aliphatic hydroxyl groups excluding tert-OH is 2.